The molecule has 1 fully saturated rings. The van der Waals surface area contributed by atoms with Crippen LogP contribution in [0.15, 0.2) is 51.6 Å². The molecule has 0 spiro atoms. The third kappa shape index (κ3) is 4.77. The second-order valence-electron chi connectivity index (χ2n) is 9.19. The molecule has 3 aliphatic rings. The number of esters is 1. The molecule has 1 amide bonds. The van der Waals surface area contributed by atoms with Crippen molar-refractivity contribution < 1.29 is 14.3 Å². The molecule has 7 heteroatoms. The van der Waals surface area contributed by atoms with Gasteiger partial charge in [-0.15, -0.1) is 0 Å². The lowest BCUT2D eigenvalue weighted by Gasteiger charge is -2.36. The van der Waals surface area contributed by atoms with Crippen LogP contribution in [-0.4, -0.2) is 34.1 Å². The minimum atomic E-state index is -0.384. The molecule has 1 saturated carbocycles. The molecule has 0 aromatic heterocycles. The van der Waals surface area contributed by atoms with Gasteiger partial charge in [-0.05, 0) is 56.1 Å². The molecule has 1 atom stereocenters. The fraction of sp³-hybridized carbons (Fsp3) is 0.480. The lowest BCUT2D eigenvalue weighted by Crippen LogP contribution is -2.38. The van der Waals surface area contributed by atoms with Crippen molar-refractivity contribution in [2.75, 3.05) is 0 Å². The van der Waals surface area contributed by atoms with Crippen LogP contribution in [0.3, 0.4) is 0 Å². The highest BCUT2D eigenvalue weighted by atomic mass is 32.2. The Morgan fingerprint density at radius 3 is 2.47 bits per heavy atom. The Hall–Kier alpha value is -2.54. The van der Waals surface area contributed by atoms with Gasteiger partial charge in [0, 0.05) is 11.7 Å². The summed E-state index contributed by atoms with van der Waals surface area (Å²) in [6.07, 6.45) is 2.13. The first-order valence-electron chi connectivity index (χ1n) is 11.3. The number of hydrogen-bond acceptors (Lipinski definition) is 6. The predicted molar refractivity (Wildman–Crippen MR) is 128 cm³/mol. The zero-order valence-corrected chi connectivity index (χ0v) is 20.2. The molecular weight excluding hydrogens is 422 g/mol. The number of amides is 1. The number of aliphatic imine (C=N–C) groups is 1. The van der Waals surface area contributed by atoms with Crippen LogP contribution in [0.2, 0.25) is 0 Å². The van der Waals surface area contributed by atoms with E-state index in [1.807, 2.05) is 31.1 Å². The summed E-state index contributed by atoms with van der Waals surface area (Å²) in [5.41, 5.74) is 4.25. The lowest BCUT2D eigenvalue weighted by atomic mass is 9.92. The van der Waals surface area contributed by atoms with Gasteiger partial charge in [-0.2, -0.15) is 0 Å². The summed E-state index contributed by atoms with van der Waals surface area (Å²) in [7, 11) is 0. The Labute approximate surface area is 194 Å². The van der Waals surface area contributed by atoms with Crippen molar-refractivity contribution in [1.82, 2.24) is 10.2 Å². The summed E-state index contributed by atoms with van der Waals surface area (Å²) in [6.45, 7) is 9.86. The van der Waals surface area contributed by atoms with E-state index in [2.05, 4.69) is 43.4 Å². The number of allylic oxidation sites excluding steroid dienone is 1. The molecule has 1 aliphatic carbocycles. The number of rotatable bonds is 7. The minimum Gasteiger partial charge on any atom is -0.459 e. The second kappa shape index (κ2) is 9.14. The SMILES string of the molecule is CC1=C(C(=O)OC(C)C)[C@@H](c2ccc(C(C)C)cc2)N2C(CC(=O)NC3CC3)=CSC2=N1. The summed E-state index contributed by atoms with van der Waals surface area (Å²) < 4.78 is 5.60. The number of amidine groups is 1. The van der Waals surface area contributed by atoms with Crippen molar-refractivity contribution in [3.63, 3.8) is 0 Å². The number of carbonyl (C=O) groups excluding carboxylic acids is 2. The lowest BCUT2D eigenvalue weighted by molar-refractivity contribution is -0.143. The Balaban J connectivity index is 1.71. The van der Waals surface area contributed by atoms with E-state index in [1.54, 1.807) is 0 Å². The fourth-order valence-corrected chi connectivity index (χ4v) is 4.92. The second-order valence-corrected chi connectivity index (χ2v) is 10.0. The molecule has 1 aromatic rings. The van der Waals surface area contributed by atoms with E-state index in [0.717, 1.165) is 29.3 Å². The van der Waals surface area contributed by atoms with Crippen LogP contribution in [0.1, 0.15) is 77.0 Å². The first-order chi connectivity index (χ1) is 15.2. The number of carbonyl (C=O) groups is 2. The van der Waals surface area contributed by atoms with Gasteiger partial charge in [0.1, 0.15) is 0 Å². The largest absolute Gasteiger partial charge is 0.459 e. The van der Waals surface area contributed by atoms with E-state index in [1.165, 1.54) is 17.3 Å². The van der Waals surface area contributed by atoms with Gasteiger partial charge in [0.2, 0.25) is 5.91 Å². The van der Waals surface area contributed by atoms with Gasteiger partial charge in [-0.3, -0.25) is 4.79 Å². The monoisotopic (exact) mass is 453 g/mol. The standard InChI is InChI=1S/C25H31N3O3S/c1-14(2)17-6-8-18(9-7-17)23-22(24(30)31-15(3)4)16(5)26-25-28(23)20(13-32-25)12-21(29)27-19-10-11-19/h6-9,13-15,19,23H,10-12H2,1-5H3,(H,27,29)/t23-/m1/s1. The van der Waals surface area contributed by atoms with E-state index in [9.17, 15) is 9.59 Å². The van der Waals surface area contributed by atoms with Crippen LogP contribution < -0.4 is 5.32 Å². The third-order valence-corrected chi connectivity index (χ3v) is 6.66. The molecule has 2 heterocycles. The summed E-state index contributed by atoms with van der Waals surface area (Å²) >= 11 is 1.50. The van der Waals surface area contributed by atoms with Crippen molar-refractivity contribution >= 4 is 28.8 Å². The van der Waals surface area contributed by atoms with Gasteiger partial charge in [0.15, 0.2) is 5.17 Å². The number of thioether (sulfide) groups is 1. The van der Waals surface area contributed by atoms with Crippen LogP contribution in [0, 0.1) is 0 Å². The fourth-order valence-electron chi connectivity index (χ4n) is 3.96. The number of benzene rings is 1. The number of fused-ring (bicyclic) bond motifs is 1. The average molecular weight is 454 g/mol. The first-order valence-corrected chi connectivity index (χ1v) is 12.2. The topological polar surface area (TPSA) is 71.0 Å². The summed E-state index contributed by atoms with van der Waals surface area (Å²) in [5, 5.41) is 5.83. The Morgan fingerprint density at radius 2 is 1.88 bits per heavy atom. The molecule has 6 nitrogen and oxygen atoms in total. The molecule has 2 aliphatic heterocycles. The highest BCUT2D eigenvalue weighted by Crippen LogP contribution is 2.45. The number of ether oxygens (including phenoxy) is 1. The molecule has 0 bridgehead atoms. The minimum absolute atomic E-state index is 0.00656. The summed E-state index contributed by atoms with van der Waals surface area (Å²) in [5.74, 6) is 0.0584. The third-order valence-electron chi connectivity index (χ3n) is 5.77. The van der Waals surface area contributed by atoms with Gasteiger partial charge in [-0.25, -0.2) is 9.79 Å². The molecule has 1 N–H and O–H groups in total. The van der Waals surface area contributed by atoms with E-state index in [4.69, 9.17) is 9.73 Å². The normalized spacial score (nSPS) is 20.3. The Kier molecular flexibility index (Phi) is 6.47. The van der Waals surface area contributed by atoms with Crippen LogP contribution >= 0.6 is 11.8 Å². The van der Waals surface area contributed by atoms with Gasteiger partial charge in [0.25, 0.3) is 0 Å². The molecule has 4 rings (SSSR count). The van der Waals surface area contributed by atoms with Crippen molar-refractivity contribution in [1.29, 1.82) is 0 Å². The maximum absolute atomic E-state index is 13.2. The predicted octanol–water partition coefficient (Wildman–Crippen LogP) is 5.01. The quantitative estimate of drug-likeness (QED) is 0.588. The van der Waals surface area contributed by atoms with Crippen LogP contribution in [-0.2, 0) is 14.3 Å². The van der Waals surface area contributed by atoms with Crippen molar-refractivity contribution in [2.24, 2.45) is 4.99 Å². The molecule has 0 radical (unpaired) electrons. The molecule has 0 saturated heterocycles. The van der Waals surface area contributed by atoms with Gasteiger partial charge < -0.3 is 15.0 Å². The maximum Gasteiger partial charge on any atom is 0.338 e. The molecule has 1 aromatic carbocycles. The van der Waals surface area contributed by atoms with E-state index < -0.39 is 0 Å². The zero-order valence-electron chi connectivity index (χ0n) is 19.3. The van der Waals surface area contributed by atoms with Gasteiger partial charge >= 0.3 is 5.97 Å². The smallest absolute Gasteiger partial charge is 0.338 e. The summed E-state index contributed by atoms with van der Waals surface area (Å²) in [6, 6.07) is 8.29. The molecule has 0 unspecified atom stereocenters. The van der Waals surface area contributed by atoms with E-state index >= 15 is 0 Å². The Bertz CT molecular complexity index is 1000. The molecular formula is C25H31N3O3S. The highest BCUT2D eigenvalue weighted by molar-refractivity contribution is 8.16. The number of hydrogen-bond donors (Lipinski definition) is 1. The van der Waals surface area contributed by atoms with Crippen LogP contribution in [0.4, 0.5) is 0 Å². The summed E-state index contributed by atoms with van der Waals surface area (Å²) in [4.78, 5) is 32.5. The van der Waals surface area contributed by atoms with Crippen LogP contribution in [0.25, 0.3) is 0 Å². The zero-order chi connectivity index (χ0) is 23.0. The first kappa shape index (κ1) is 22.6. The van der Waals surface area contributed by atoms with Crippen molar-refractivity contribution in [3.05, 3.63) is 57.8 Å². The maximum atomic E-state index is 13.2. The van der Waals surface area contributed by atoms with E-state index in [0.29, 0.717) is 23.2 Å². The van der Waals surface area contributed by atoms with E-state index in [-0.39, 0.29) is 30.4 Å². The number of nitrogens with zero attached hydrogens (tertiary/aromatic N) is 2. The average Bonchev–Trinajstić information content (AvgIpc) is 3.45. The van der Waals surface area contributed by atoms with Gasteiger partial charge in [0.05, 0.1) is 29.8 Å². The van der Waals surface area contributed by atoms with Gasteiger partial charge in [-0.1, -0.05) is 49.9 Å². The van der Waals surface area contributed by atoms with Crippen molar-refractivity contribution in [3.8, 4) is 0 Å². The van der Waals surface area contributed by atoms with Crippen LogP contribution in [0.5, 0.6) is 0 Å². The molecule has 32 heavy (non-hydrogen) atoms. The molecule has 170 valence electrons. The Morgan fingerprint density at radius 1 is 1.19 bits per heavy atom. The number of nitrogens with one attached hydrogen (secondary N) is 1. The van der Waals surface area contributed by atoms with Crippen molar-refractivity contribution in [2.45, 2.75) is 78.0 Å². The highest BCUT2D eigenvalue weighted by Gasteiger charge is 2.41.